The lowest BCUT2D eigenvalue weighted by atomic mass is 9.97. The van der Waals surface area contributed by atoms with Crippen molar-refractivity contribution in [1.82, 2.24) is 10.1 Å². The number of carbonyl (C=O) groups excluding carboxylic acids is 2. The summed E-state index contributed by atoms with van der Waals surface area (Å²) >= 11 is 0. The van der Waals surface area contributed by atoms with Crippen LogP contribution in [0.4, 0.5) is 0 Å². The fourth-order valence-corrected chi connectivity index (χ4v) is 3.59. The minimum absolute atomic E-state index is 0.159. The molecular formula is C20H24N2O4. The molecule has 6 heteroatoms. The summed E-state index contributed by atoms with van der Waals surface area (Å²) in [6.45, 7) is 5.46. The Labute approximate surface area is 153 Å². The van der Waals surface area contributed by atoms with E-state index in [9.17, 15) is 9.59 Å². The second-order valence-electron chi connectivity index (χ2n) is 6.83. The Hall–Kier alpha value is -2.63. The van der Waals surface area contributed by atoms with Gasteiger partial charge in [-0.1, -0.05) is 35.5 Å². The molecule has 0 unspecified atom stereocenters. The van der Waals surface area contributed by atoms with E-state index in [1.54, 1.807) is 6.92 Å². The van der Waals surface area contributed by atoms with Gasteiger partial charge in [-0.05, 0) is 40.0 Å². The lowest BCUT2D eigenvalue weighted by Crippen LogP contribution is -2.49. The number of piperidine rings is 1. The average Bonchev–Trinajstić information content (AvgIpc) is 3.02. The highest BCUT2D eigenvalue weighted by molar-refractivity contribution is 5.98. The van der Waals surface area contributed by atoms with Crippen molar-refractivity contribution in [2.24, 2.45) is 0 Å². The standard InChI is InChI=1S/C20H24N2O4/c1-13-8-7-9-14(2)22(13)17(23)12-25-20(24)18-15(3)26-21-19(18)16-10-5-4-6-11-16/h4-6,10-11,13-14H,7-9,12H2,1-3H3/t13-,14+. The number of amides is 1. The molecule has 2 heterocycles. The van der Waals surface area contributed by atoms with Crippen LogP contribution in [0.15, 0.2) is 34.9 Å². The molecule has 1 amide bonds. The van der Waals surface area contributed by atoms with Crippen LogP contribution in [0.2, 0.25) is 0 Å². The summed E-state index contributed by atoms with van der Waals surface area (Å²) in [5, 5.41) is 3.98. The van der Waals surface area contributed by atoms with E-state index in [1.165, 1.54) is 0 Å². The maximum atomic E-state index is 12.6. The first kappa shape index (κ1) is 18.2. The molecule has 26 heavy (non-hydrogen) atoms. The van der Waals surface area contributed by atoms with E-state index < -0.39 is 5.97 Å². The highest BCUT2D eigenvalue weighted by Crippen LogP contribution is 2.26. The largest absolute Gasteiger partial charge is 0.452 e. The normalized spacial score (nSPS) is 20.0. The molecule has 0 aliphatic carbocycles. The van der Waals surface area contributed by atoms with Crippen LogP contribution in [-0.2, 0) is 9.53 Å². The number of aromatic nitrogens is 1. The minimum atomic E-state index is -0.590. The van der Waals surface area contributed by atoms with Crippen LogP contribution >= 0.6 is 0 Å². The lowest BCUT2D eigenvalue weighted by Gasteiger charge is -2.38. The first-order valence-electron chi connectivity index (χ1n) is 8.99. The van der Waals surface area contributed by atoms with E-state index in [0.29, 0.717) is 11.5 Å². The van der Waals surface area contributed by atoms with E-state index in [2.05, 4.69) is 5.16 Å². The Kier molecular flexibility index (Phi) is 5.40. The molecule has 6 nitrogen and oxygen atoms in total. The summed E-state index contributed by atoms with van der Waals surface area (Å²) in [6, 6.07) is 9.62. The van der Waals surface area contributed by atoms with Crippen molar-refractivity contribution in [3.63, 3.8) is 0 Å². The summed E-state index contributed by atoms with van der Waals surface area (Å²) < 4.78 is 10.5. The van der Waals surface area contributed by atoms with E-state index in [1.807, 2.05) is 49.1 Å². The molecule has 0 saturated carbocycles. The van der Waals surface area contributed by atoms with Gasteiger partial charge in [0, 0.05) is 17.6 Å². The molecule has 1 aliphatic heterocycles. The first-order chi connectivity index (χ1) is 12.5. The number of aryl methyl sites for hydroxylation is 1. The van der Waals surface area contributed by atoms with Crippen LogP contribution in [0, 0.1) is 6.92 Å². The molecule has 1 aliphatic rings. The third-order valence-electron chi connectivity index (χ3n) is 4.92. The van der Waals surface area contributed by atoms with Gasteiger partial charge in [0.2, 0.25) is 0 Å². The maximum absolute atomic E-state index is 12.6. The number of likely N-dealkylation sites (tertiary alicyclic amines) is 1. The van der Waals surface area contributed by atoms with Gasteiger partial charge >= 0.3 is 5.97 Å². The van der Waals surface area contributed by atoms with E-state index in [-0.39, 0.29) is 30.2 Å². The Morgan fingerprint density at radius 3 is 2.50 bits per heavy atom. The van der Waals surface area contributed by atoms with Crippen LogP contribution in [-0.4, -0.2) is 40.6 Å². The zero-order valence-electron chi connectivity index (χ0n) is 15.4. The molecule has 0 spiro atoms. The van der Waals surface area contributed by atoms with Crippen molar-refractivity contribution in [2.75, 3.05) is 6.61 Å². The van der Waals surface area contributed by atoms with Gasteiger partial charge in [-0.3, -0.25) is 4.79 Å². The Morgan fingerprint density at radius 2 is 1.85 bits per heavy atom. The van der Waals surface area contributed by atoms with Gasteiger partial charge in [0.05, 0.1) is 0 Å². The smallest absolute Gasteiger partial charge is 0.344 e. The van der Waals surface area contributed by atoms with Gasteiger partial charge < -0.3 is 14.2 Å². The van der Waals surface area contributed by atoms with Crippen molar-refractivity contribution in [3.8, 4) is 11.3 Å². The van der Waals surface area contributed by atoms with Gasteiger partial charge in [-0.2, -0.15) is 0 Å². The van der Waals surface area contributed by atoms with Crippen LogP contribution in [0.1, 0.15) is 49.2 Å². The van der Waals surface area contributed by atoms with Crippen molar-refractivity contribution < 1.29 is 18.8 Å². The molecule has 0 bridgehead atoms. The molecule has 1 aromatic carbocycles. The molecule has 1 fully saturated rings. The number of carbonyl (C=O) groups is 2. The van der Waals surface area contributed by atoms with E-state index >= 15 is 0 Å². The Bertz CT molecular complexity index is 774. The summed E-state index contributed by atoms with van der Waals surface area (Å²) in [4.78, 5) is 26.9. The fourth-order valence-electron chi connectivity index (χ4n) is 3.59. The van der Waals surface area contributed by atoms with Gasteiger partial charge in [0.25, 0.3) is 5.91 Å². The average molecular weight is 356 g/mol. The number of esters is 1. The molecule has 1 saturated heterocycles. The second kappa shape index (κ2) is 7.72. The van der Waals surface area contributed by atoms with Crippen LogP contribution in [0.3, 0.4) is 0 Å². The van der Waals surface area contributed by atoms with Crippen molar-refractivity contribution in [2.45, 2.75) is 52.1 Å². The summed E-state index contributed by atoms with van der Waals surface area (Å²) in [5.74, 6) is -0.373. The van der Waals surface area contributed by atoms with Crippen LogP contribution in [0.25, 0.3) is 11.3 Å². The Morgan fingerprint density at radius 1 is 1.19 bits per heavy atom. The zero-order valence-corrected chi connectivity index (χ0v) is 15.4. The number of rotatable bonds is 4. The predicted octanol–water partition coefficient (Wildman–Crippen LogP) is 3.60. The predicted molar refractivity (Wildman–Crippen MR) is 96.6 cm³/mol. The number of hydrogen-bond donors (Lipinski definition) is 0. The molecule has 138 valence electrons. The molecule has 2 aromatic rings. The van der Waals surface area contributed by atoms with Crippen molar-refractivity contribution >= 4 is 11.9 Å². The highest BCUT2D eigenvalue weighted by atomic mass is 16.5. The quantitative estimate of drug-likeness (QED) is 0.783. The van der Waals surface area contributed by atoms with Gasteiger partial charge in [-0.25, -0.2) is 4.79 Å². The molecular weight excluding hydrogens is 332 g/mol. The maximum Gasteiger partial charge on any atom is 0.344 e. The topological polar surface area (TPSA) is 72.6 Å². The lowest BCUT2D eigenvalue weighted by molar-refractivity contribution is -0.140. The molecule has 1 aromatic heterocycles. The minimum Gasteiger partial charge on any atom is -0.452 e. The number of ether oxygens (including phenoxy) is 1. The van der Waals surface area contributed by atoms with Crippen LogP contribution in [0.5, 0.6) is 0 Å². The number of nitrogens with zero attached hydrogens (tertiary/aromatic N) is 2. The third-order valence-corrected chi connectivity index (χ3v) is 4.92. The summed E-state index contributed by atoms with van der Waals surface area (Å²) in [7, 11) is 0. The van der Waals surface area contributed by atoms with Gasteiger partial charge in [0.15, 0.2) is 6.61 Å². The van der Waals surface area contributed by atoms with Crippen LogP contribution < -0.4 is 0 Å². The highest BCUT2D eigenvalue weighted by Gasteiger charge is 2.30. The third kappa shape index (κ3) is 3.64. The van der Waals surface area contributed by atoms with Crippen molar-refractivity contribution in [1.29, 1.82) is 0 Å². The van der Waals surface area contributed by atoms with Gasteiger partial charge in [-0.15, -0.1) is 0 Å². The number of hydrogen-bond acceptors (Lipinski definition) is 5. The van der Waals surface area contributed by atoms with E-state index in [4.69, 9.17) is 9.26 Å². The molecule has 2 atom stereocenters. The SMILES string of the molecule is Cc1onc(-c2ccccc2)c1C(=O)OCC(=O)N1[C@H](C)CCC[C@@H]1C. The van der Waals surface area contributed by atoms with Gasteiger partial charge in [0.1, 0.15) is 17.0 Å². The van der Waals surface area contributed by atoms with Crippen molar-refractivity contribution in [3.05, 3.63) is 41.7 Å². The second-order valence-corrected chi connectivity index (χ2v) is 6.83. The molecule has 3 rings (SSSR count). The van der Waals surface area contributed by atoms with E-state index in [0.717, 1.165) is 24.8 Å². The summed E-state index contributed by atoms with van der Waals surface area (Å²) in [5.41, 5.74) is 1.46. The fraction of sp³-hybridized carbons (Fsp3) is 0.450. The molecule has 0 radical (unpaired) electrons. The zero-order chi connectivity index (χ0) is 18.7. The monoisotopic (exact) mass is 356 g/mol. The Balaban J connectivity index is 1.71. The number of benzene rings is 1. The first-order valence-corrected chi connectivity index (χ1v) is 8.99. The summed E-state index contributed by atoms with van der Waals surface area (Å²) in [6.07, 6.45) is 3.08. The molecule has 0 N–H and O–H groups in total.